The molecule has 0 aromatic carbocycles. The van der Waals surface area contributed by atoms with Gasteiger partial charge >= 0.3 is 5.97 Å². The molecule has 0 aliphatic heterocycles. The van der Waals surface area contributed by atoms with Gasteiger partial charge in [0.15, 0.2) is 6.29 Å². The Balaban J connectivity index is 3.56. The zero-order chi connectivity index (χ0) is 13.1. The van der Waals surface area contributed by atoms with E-state index in [1.54, 1.807) is 0 Å². The fourth-order valence-electron chi connectivity index (χ4n) is 1.05. The summed E-state index contributed by atoms with van der Waals surface area (Å²) in [6.07, 6.45) is 2.66. The smallest absolute Gasteiger partial charge is 0.330 e. The van der Waals surface area contributed by atoms with E-state index in [1.165, 1.54) is 0 Å². The molecule has 0 aliphatic carbocycles. The summed E-state index contributed by atoms with van der Waals surface area (Å²) in [7, 11) is 0. The quantitative estimate of drug-likeness (QED) is 0.274. The maximum absolute atomic E-state index is 10.7. The number of carbonyl (C=O) groups excluding carboxylic acids is 1. The minimum atomic E-state index is -0.415. The molecule has 0 aliphatic rings. The summed E-state index contributed by atoms with van der Waals surface area (Å²) in [6.45, 7) is 8.01. The van der Waals surface area contributed by atoms with Gasteiger partial charge in [0, 0.05) is 12.5 Å². The van der Waals surface area contributed by atoms with Gasteiger partial charge in [0.1, 0.15) is 6.23 Å². The summed E-state index contributed by atoms with van der Waals surface area (Å²) in [5, 5.41) is 0. The highest BCUT2D eigenvalue weighted by molar-refractivity contribution is 5.81. The van der Waals surface area contributed by atoms with E-state index in [9.17, 15) is 4.79 Å². The van der Waals surface area contributed by atoms with Crippen LogP contribution in [0.1, 0.15) is 33.1 Å². The summed E-state index contributed by atoms with van der Waals surface area (Å²) in [5.41, 5.74) is 5.65. The van der Waals surface area contributed by atoms with Crippen LogP contribution in [0, 0.1) is 0 Å². The zero-order valence-corrected chi connectivity index (χ0v) is 10.7. The molecule has 0 saturated heterocycles. The van der Waals surface area contributed by atoms with Crippen molar-refractivity contribution in [3.63, 3.8) is 0 Å². The third-order valence-electron chi connectivity index (χ3n) is 2.07. The molecule has 2 N–H and O–H groups in total. The number of nitrogens with two attached hydrogens (primary N) is 1. The molecule has 0 spiro atoms. The summed E-state index contributed by atoms with van der Waals surface area (Å²) in [6, 6.07) is 0. The van der Waals surface area contributed by atoms with Crippen LogP contribution >= 0.6 is 0 Å². The molecule has 0 aromatic heterocycles. The van der Waals surface area contributed by atoms with Crippen LogP contribution in [-0.4, -0.2) is 31.7 Å². The normalized spacial score (nSPS) is 14.1. The Morgan fingerprint density at radius 2 is 2.06 bits per heavy atom. The number of carbonyl (C=O) groups is 1. The van der Waals surface area contributed by atoms with E-state index in [1.807, 2.05) is 13.8 Å². The van der Waals surface area contributed by atoms with Crippen LogP contribution in [0.5, 0.6) is 0 Å². The molecule has 0 saturated carbocycles. The largest absolute Gasteiger partial charge is 0.462 e. The van der Waals surface area contributed by atoms with E-state index in [0.717, 1.165) is 18.9 Å². The summed E-state index contributed by atoms with van der Waals surface area (Å²) in [4.78, 5) is 10.7. The van der Waals surface area contributed by atoms with Gasteiger partial charge in [0.2, 0.25) is 0 Å². The highest BCUT2D eigenvalue weighted by Gasteiger charge is 2.10. The first-order valence-corrected chi connectivity index (χ1v) is 5.95. The van der Waals surface area contributed by atoms with Crippen molar-refractivity contribution in [2.45, 2.75) is 45.6 Å². The molecule has 2 atom stereocenters. The van der Waals surface area contributed by atoms with Crippen molar-refractivity contribution in [2.24, 2.45) is 5.73 Å². The SMILES string of the molecule is C=CC(=O)OCCCOC(CC)OC(N)CC. The highest BCUT2D eigenvalue weighted by Crippen LogP contribution is 2.04. The van der Waals surface area contributed by atoms with E-state index in [4.69, 9.17) is 19.9 Å². The molecule has 2 unspecified atom stereocenters. The molecule has 0 heterocycles. The summed E-state index contributed by atoms with van der Waals surface area (Å²) >= 11 is 0. The lowest BCUT2D eigenvalue weighted by molar-refractivity contribution is -0.172. The van der Waals surface area contributed by atoms with Crippen LogP contribution in [0.4, 0.5) is 0 Å². The molecule has 0 rings (SSSR count). The second-order valence-corrected chi connectivity index (χ2v) is 3.52. The molecule has 0 radical (unpaired) electrons. The third-order valence-corrected chi connectivity index (χ3v) is 2.07. The average Bonchev–Trinajstić information content (AvgIpc) is 2.36. The van der Waals surface area contributed by atoms with Crippen molar-refractivity contribution < 1.29 is 19.0 Å². The van der Waals surface area contributed by atoms with E-state index in [-0.39, 0.29) is 12.5 Å². The second kappa shape index (κ2) is 10.3. The van der Waals surface area contributed by atoms with Gasteiger partial charge in [-0.3, -0.25) is 0 Å². The molecule has 5 heteroatoms. The van der Waals surface area contributed by atoms with E-state index >= 15 is 0 Å². The Morgan fingerprint density at radius 3 is 2.59 bits per heavy atom. The van der Waals surface area contributed by atoms with Gasteiger partial charge in [-0.15, -0.1) is 0 Å². The third kappa shape index (κ3) is 8.85. The van der Waals surface area contributed by atoms with Crippen molar-refractivity contribution in [3.8, 4) is 0 Å². The number of esters is 1. The van der Waals surface area contributed by atoms with Gasteiger partial charge in [0.25, 0.3) is 0 Å². The molecule has 0 fully saturated rings. The van der Waals surface area contributed by atoms with Crippen LogP contribution in [0.25, 0.3) is 0 Å². The Kier molecular flexibility index (Phi) is 9.71. The van der Waals surface area contributed by atoms with Crippen LogP contribution < -0.4 is 5.73 Å². The van der Waals surface area contributed by atoms with Crippen LogP contribution in [-0.2, 0) is 19.0 Å². The topological polar surface area (TPSA) is 70.8 Å². The standard InChI is InChI=1S/C12H23NO4/c1-4-10(13)17-12(6-3)16-9-7-8-15-11(14)5-2/h5,10,12H,2,4,6-9,13H2,1,3H3. The van der Waals surface area contributed by atoms with Crippen molar-refractivity contribution in [1.82, 2.24) is 0 Å². The lowest BCUT2D eigenvalue weighted by Crippen LogP contribution is -2.30. The first-order chi connectivity index (χ1) is 8.13. The van der Waals surface area contributed by atoms with Gasteiger partial charge in [-0.1, -0.05) is 20.4 Å². The van der Waals surface area contributed by atoms with Crippen LogP contribution in [0.2, 0.25) is 0 Å². The van der Waals surface area contributed by atoms with Gasteiger partial charge in [-0.2, -0.15) is 0 Å². The van der Waals surface area contributed by atoms with Crippen molar-refractivity contribution in [3.05, 3.63) is 12.7 Å². The van der Waals surface area contributed by atoms with Crippen LogP contribution in [0.15, 0.2) is 12.7 Å². The van der Waals surface area contributed by atoms with Gasteiger partial charge in [0.05, 0.1) is 13.2 Å². The maximum atomic E-state index is 10.7. The molecule has 0 bridgehead atoms. The highest BCUT2D eigenvalue weighted by atomic mass is 16.7. The Morgan fingerprint density at radius 1 is 1.35 bits per heavy atom. The Bertz CT molecular complexity index is 221. The molecular formula is C12H23NO4. The van der Waals surface area contributed by atoms with Gasteiger partial charge in [-0.25, -0.2) is 4.79 Å². The number of hydrogen-bond donors (Lipinski definition) is 1. The lowest BCUT2D eigenvalue weighted by atomic mass is 10.4. The fourth-order valence-corrected chi connectivity index (χ4v) is 1.05. The molecular weight excluding hydrogens is 222 g/mol. The van der Waals surface area contributed by atoms with E-state index in [2.05, 4.69) is 6.58 Å². The van der Waals surface area contributed by atoms with Gasteiger partial charge in [-0.05, 0) is 12.8 Å². The number of ether oxygens (including phenoxy) is 3. The van der Waals surface area contributed by atoms with Gasteiger partial charge < -0.3 is 19.9 Å². The van der Waals surface area contributed by atoms with Crippen molar-refractivity contribution >= 4 is 5.97 Å². The molecule has 17 heavy (non-hydrogen) atoms. The summed E-state index contributed by atoms with van der Waals surface area (Å²) < 4.78 is 15.7. The lowest BCUT2D eigenvalue weighted by Gasteiger charge is -2.20. The molecule has 100 valence electrons. The molecule has 0 amide bonds. The predicted molar refractivity (Wildman–Crippen MR) is 65.2 cm³/mol. The first-order valence-electron chi connectivity index (χ1n) is 5.95. The zero-order valence-electron chi connectivity index (χ0n) is 10.7. The summed E-state index contributed by atoms with van der Waals surface area (Å²) in [5.74, 6) is -0.415. The van der Waals surface area contributed by atoms with Crippen LogP contribution in [0.3, 0.4) is 0 Å². The minimum absolute atomic E-state index is 0.292. The van der Waals surface area contributed by atoms with Crippen molar-refractivity contribution in [1.29, 1.82) is 0 Å². The predicted octanol–water partition coefficient (Wildman–Crippen LogP) is 1.57. The maximum Gasteiger partial charge on any atom is 0.330 e. The number of hydrogen-bond acceptors (Lipinski definition) is 5. The fraction of sp³-hybridized carbons (Fsp3) is 0.750. The monoisotopic (exact) mass is 245 g/mol. The number of rotatable bonds is 10. The van der Waals surface area contributed by atoms with E-state index < -0.39 is 5.97 Å². The first kappa shape index (κ1) is 16.1. The second-order valence-electron chi connectivity index (χ2n) is 3.52. The average molecular weight is 245 g/mol. The molecule has 0 aromatic rings. The van der Waals surface area contributed by atoms with Crippen molar-refractivity contribution in [2.75, 3.05) is 13.2 Å². The Labute approximate surface area is 103 Å². The van der Waals surface area contributed by atoms with E-state index in [0.29, 0.717) is 19.6 Å². The minimum Gasteiger partial charge on any atom is -0.462 e. The molecule has 5 nitrogen and oxygen atoms in total. The Hall–Kier alpha value is -0.910.